The zero-order valence-electron chi connectivity index (χ0n) is 63.2. The van der Waals surface area contributed by atoms with Crippen LogP contribution in [0.5, 0.6) is 46.0 Å². The zero-order chi connectivity index (χ0) is 76.3. The molecular formula is C100H78N4O8. The third-order valence-electron chi connectivity index (χ3n) is 21.1. The maximum absolute atomic E-state index is 5.87. The monoisotopic (exact) mass is 1460 g/mol. The Morgan fingerprint density at radius 3 is 0.598 bits per heavy atom. The standard InChI is InChI=1S/C100H78N4O8/c1-105-77-37-49-93(109-5)81(57-77)73-17-9-13-69(53-73)61-21-29-65(30-22-61)97-85-41-43-87(101-85)98(66-31-23-62(24-32-66)70-14-10-18-74(54-70)82-58-78(106-2)38-50-94(82)110-6)89-45-47-91(103-89)100(68-35-27-64(28-36-68)72-16-12-20-76(56-72)84-60-80(108-4)40-52-96(84)112-8)92-48-46-90(104-92)99(88-44-42-86(97)102-88)67-33-25-63(26-34-67)71-15-11-19-75(55-71)83-59-79(107-3)39-51-95(83)111-7/h9-60,101,104H,1-8H3. The van der Waals surface area contributed by atoms with Crippen molar-refractivity contribution in [1.29, 1.82) is 0 Å². The van der Waals surface area contributed by atoms with Gasteiger partial charge in [-0.2, -0.15) is 0 Å². The summed E-state index contributed by atoms with van der Waals surface area (Å²) in [4.78, 5) is 19.5. The summed E-state index contributed by atoms with van der Waals surface area (Å²) in [5.74, 6) is 6.04. The van der Waals surface area contributed by atoms with Crippen LogP contribution in [0.1, 0.15) is 22.8 Å². The second-order valence-electron chi connectivity index (χ2n) is 27.4. The quantitative estimate of drug-likeness (QED) is 0.0760. The molecule has 0 amide bonds. The Labute approximate surface area is 650 Å². The minimum atomic E-state index is 0.750. The van der Waals surface area contributed by atoms with E-state index < -0.39 is 0 Å². The molecule has 15 aromatic rings. The average molecular weight is 1460 g/mol. The summed E-state index contributed by atoms with van der Waals surface area (Å²) in [6.45, 7) is 0. The van der Waals surface area contributed by atoms with Gasteiger partial charge in [-0.25, -0.2) is 9.97 Å². The number of fused-ring (bicyclic) bond motifs is 8. The molecule has 112 heavy (non-hydrogen) atoms. The number of rotatable bonds is 20. The molecule has 2 aliphatic rings. The van der Waals surface area contributed by atoms with Crippen LogP contribution >= 0.6 is 0 Å². The molecule has 17 rings (SSSR count). The van der Waals surface area contributed by atoms with Crippen LogP contribution < -0.4 is 37.9 Å². The van der Waals surface area contributed by atoms with E-state index >= 15 is 0 Å². The van der Waals surface area contributed by atoms with Crippen LogP contribution in [0.2, 0.25) is 0 Å². The van der Waals surface area contributed by atoms with Crippen LogP contribution in [0.15, 0.2) is 291 Å². The topological polar surface area (TPSA) is 131 Å². The van der Waals surface area contributed by atoms with Crippen LogP contribution in [-0.4, -0.2) is 76.8 Å². The van der Waals surface area contributed by atoms with Gasteiger partial charge in [0.05, 0.1) is 79.7 Å². The molecule has 12 heteroatoms. The molecule has 12 nitrogen and oxygen atoms in total. The average Bonchev–Trinajstić information content (AvgIpc) is 1.60. The van der Waals surface area contributed by atoms with Crippen LogP contribution in [0.4, 0.5) is 0 Å². The van der Waals surface area contributed by atoms with E-state index in [1.807, 2.05) is 72.8 Å². The number of aromatic nitrogens is 4. The molecule has 5 heterocycles. The van der Waals surface area contributed by atoms with Crippen molar-refractivity contribution >= 4 is 46.4 Å². The summed E-state index contributed by atoms with van der Waals surface area (Å²) in [5, 5.41) is 0. The highest BCUT2D eigenvalue weighted by Gasteiger charge is 2.22. The van der Waals surface area contributed by atoms with Gasteiger partial charge in [-0.3, -0.25) is 0 Å². The molecule has 546 valence electrons. The maximum atomic E-state index is 5.87. The van der Waals surface area contributed by atoms with E-state index in [0.29, 0.717) is 0 Å². The molecule has 0 unspecified atom stereocenters. The summed E-state index contributed by atoms with van der Waals surface area (Å²) in [7, 11) is 13.5. The molecule has 0 saturated carbocycles. The SMILES string of the molecule is COc1ccc(OC)c(-c2cccc(-c3ccc(-c4c5nc(c(-c6ccc(-c7cccc(-c8cc(OC)ccc8OC)c7)cc6)c6ccc([nH]6)c(-c6ccc(-c7cccc(-c8cc(OC)ccc8OC)c7)cc6)c6nc(c(-c7ccc(-c8cccc(-c9cc(OC)ccc9OC)c8)cc7)c7ccc4[nH]7)C=C6)C=C5)cc3)c2)c1. The van der Waals surface area contributed by atoms with Gasteiger partial charge < -0.3 is 47.9 Å². The summed E-state index contributed by atoms with van der Waals surface area (Å²) < 4.78 is 46.1. The first kappa shape index (κ1) is 70.6. The molecular weight excluding hydrogens is 1390 g/mol. The zero-order valence-corrected chi connectivity index (χ0v) is 63.2. The molecule has 0 radical (unpaired) electrons. The van der Waals surface area contributed by atoms with Gasteiger partial charge in [0.25, 0.3) is 0 Å². The summed E-state index contributed by atoms with van der Waals surface area (Å²) in [6.07, 6.45) is 8.59. The van der Waals surface area contributed by atoms with Crippen molar-refractivity contribution in [2.45, 2.75) is 0 Å². The number of nitrogens with one attached hydrogen (secondary N) is 2. The van der Waals surface area contributed by atoms with Crippen LogP contribution in [0.3, 0.4) is 0 Å². The van der Waals surface area contributed by atoms with E-state index in [4.69, 9.17) is 47.9 Å². The first-order valence-electron chi connectivity index (χ1n) is 37.0. The van der Waals surface area contributed by atoms with Crippen molar-refractivity contribution in [2.75, 3.05) is 56.9 Å². The van der Waals surface area contributed by atoms with Crippen LogP contribution in [0.25, 0.3) is 180 Å². The second-order valence-corrected chi connectivity index (χ2v) is 27.4. The van der Waals surface area contributed by atoms with Gasteiger partial charge >= 0.3 is 0 Å². The predicted octanol–water partition coefficient (Wildman–Crippen LogP) is 24.7. The van der Waals surface area contributed by atoms with Gasteiger partial charge in [-0.1, -0.05) is 170 Å². The minimum Gasteiger partial charge on any atom is -0.497 e. The van der Waals surface area contributed by atoms with E-state index in [1.165, 1.54) is 0 Å². The van der Waals surface area contributed by atoms with Gasteiger partial charge in [0, 0.05) is 66.6 Å². The lowest BCUT2D eigenvalue weighted by molar-refractivity contribution is 0.404. The van der Waals surface area contributed by atoms with Gasteiger partial charge in [0.15, 0.2) is 0 Å². The Morgan fingerprint density at radius 2 is 0.393 bits per heavy atom. The Hall–Kier alpha value is -14.4. The van der Waals surface area contributed by atoms with E-state index in [9.17, 15) is 0 Å². The number of nitrogens with zero attached hydrogens (tertiary/aromatic N) is 2. The second kappa shape index (κ2) is 30.7. The highest BCUT2D eigenvalue weighted by atomic mass is 16.5. The number of aromatic amines is 2. The number of hydrogen-bond donors (Lipinski definition) is 2. The van der Waals surface area contributed by atoms with Crippen molar-refractivity contribution in [3.8, 4) is 180 Å². The summed E-state index contributed by atoms with van der Waals surface area (Å²) in [6, 6.07) is 101. The summed E-state index contributed by atoms with van der Waals surface area (Å²) in [5.41, 5.74) is 30.4. The van der Waals surface area contributed by atoms with Gasteiger partial charge in [-0.15, -0.1) is 0 Å². The highest BCUT2D eigenvalue weighted by molar-refractivity contribution is 6.01. The van der Waals surface area contributed by atoms with Crippen LogP contribution in [-0.2, 0) is 0 Å². The predicted molar refractivity (Wildman–Crippen MR) is 457 cm³/mol. The normalized spacial score (nSPS) is 11.5. The Morgan fingerprint density at radius 1 is 0.188 bits per heavy atom. The fourth-order valence-electron chi connectivity index (χ4n) is 15.4. The number of H-pyrrole nitrogens is 2. The number of methoxy groups -OCH3 is 8. The minimum absolute atomic E-state index is 0.750. The molecule has 12 aromatic carbocycles. The van der Waals surface area contributed by atoms with E-state index in [1.54, 1.807) is 56.9 Å². The van der Waals surface area contributed by atoms with Crippen molar-refractivity contribution in [3.63, 3.8) is 0 Å². The molecule has 2 aliphatic heterocycles. The van der Waals surface area contributed by atoms with Crippen LogP contribution in [0, 0.1) is 0 Å². The molecule has 0 atom stereocenters. The summed E-state index contributed by atoms with van der Waals surface area (Å²) >= 11 is 0. The van der Waals surface area contributed by atoms with Crippen molar-refractivity contribution in [1.82, 2.24) is 19.9 Å². The van der Waals surface area contributed by atoms with Gasteiger partial charge in [0.2, 0.25) is 0 Å². The van der Waals surface area contributed by atoms with Gasteiger partial charge in [0.1, 0.15) is 46.0 Å². The first-order valence-corrected chi connectivity index (χ1v) is 37.0. The maximum Gasteiger partial charge on any atom is 0.126 e. The molecule has 8 bridgehead atoms. The largest absolute Gasteiger partial charge is 0.497 e. The molecule has 0 spiro atoms. The molecule has 0 fully saturated rings. The number of hydrogen-bond acceptors (Lipinski definition) is 10. The Kier molecular flexibility index (Phi) is 19.4. The lowest BCUT2D eigenvalue weighted by atomic mass is 9.96. The lowest BCUT2D eigenvalue weighted by Gasteiger charge is -2.13. The van der Waals surface area contributed by atoms with E-state index in [2.05, 4.69) is 253 Å². The Balaban J connectivity index is 0.861. The Bertz CT molecular complexity index is 5590. The molecule has 3 aromatic heterocycles. The van der Waals surface area contributed by atoms with Crippen molar-refractivity contribution in [3.05, 3.63) is 314 Å². The number of ether oxygens (including phenoxy) is 8. The third kappa shape index (κ3) is 13.7. The van der Waals surface area contributed by atoms with Crippen molar-refractivity contribution in [2.24, 2.45) is 0 Å². The first-order chi connectivity index (χ1) is 55.1. The third-order valence-corrected chi connectivity index (χ3v) is 21.1. The molecule has 2 N–H and O–H groups in total. The van der Waals surface area contributed by atoms with Gasteiger partial charge in [-0.05, 0) is 235 Å². The smallest absolute Gasteiger partial charge is 0.126 e. The van der Waals surface area contributed by atoms with E-state index in [-0.39, 0.29) is 0 Å². The molecule has 0 saturated heterocycles. The fourth-order valence-corrected chi connectivity index (χ4v) is 15.4. The highest BCUT2D eigenvalue weighted by Crippen LogP contribution is 2.45. The fraction of sp³-hybridized carbons (Fsp3) is 0.0800. The van der Waals surface area contributed by atoms with Crippen molar-refractivity contribution < 1.29 is 37.9 Å². The number of benzene rings is 12. The molecule has 0 aliphatic carbocycles. The van der Waals surface area contributed by atoms with E-state index in [0.717, 1.165) is 224 Å². The lowest BCUT2D eigenvalue weighted by Crippen LogP contribution is -1.91.